The Morgan fingerprint density at radius 1 is 0.655 bits per heavy atom. The van der Waals surface area contributed by atoms with Gasteiger partial charge in [-0.1, -0.05) is 68.4 Å². The van der Waals surface area contributed by atoms with Gasteiger partial charge in [-0.15, -0.1) is 0 Å². The normalized spacial score (nSPS) is 10.5. The van der Waals surface area contributed by atoms with Crippen LogP contribution < -0.4 is 9.47 Å². The maximum absolute atomic E-state index is 8.06. The fraction of sp³-hybridized carbons (Fsp3) is 0.308. The van der Waals surface area contributed by atoms with Crippen molar-refractivity contribution in [2.24, 2.45) is 0 Å². The molecule has 0 saturated carbocycles. The van der Waals surface area contributed by atoms with Crippen LogP contribution in [0.5, 0.6) is 11.5 Å². The molecule has 0 aliphatic carbocycles. The van der Waals surface area contributed by atoms with Crippen molar-refractivity contribution in [2.45, 2.75) is 39.7 Å². The van der Waals surface area contributed by atoms with Crippen LogP contribution in [0.1, 0.15) is 39.2 Å². The van der Waals surface area contributed by atoms with E-state index in [-0.39, 0.29) is 6.10 Å². The number of aliphatic hydroxyl groups excluding tert-OH is 1. The van der Waals surface area contributed by atoms with Gasteiger partial charge >= 0.3 is 0 Å². The van der Waals surface area contributed by atoms with Crippen LogP contribution in [-0.2, 0) is 0 Å². The third-order valence-corrected chi connectivity index (χ3v) is 4.44. The zero-order valence-corrected chi connectivity index (χ0v) is 18.3. The standard InChI is InChI=1S/C23H24O2.C3H8O/c1-16(2)23-21(24-3)14-18(15-22(23)25-4)20-13-9-8-12-19(20)17-10-6-5-7-11-17;1-3(2)4/h5-16H,1-4H3;3-4H,1-2H3. The maximum Gasteiger partial charge on any atom is 0.126 e. The highest BCUT2D eigenvalue weighted by molar-refractivity contribution is 5.84. The van der Waals surface area contributed by atoms with Gasteiger partial charge in [0.2, 0.25) is 0 Å². The summed E-state index contributed by atoms with van der Waals surface area (Å²) in [6, 6.07) is 23.1. The molecule has 154 valence electrons. The van der Waals surface area contributed by atoms with Crippen LogP contribution in [0.4, 0.5) is 0 Å². The molecule has 0 aliphatic rings. The van der Waals surface area contributed by atoms with Gasteiger partial charge in [-0.25, -0.2) is 0 Å². The summed E-state index contributed by atoms with van der Waals surface area (Å²) in [5, 5.41) is 8.06. The largest absolute Gasteiger partial charge is 0.496 e. The van der Waals surface area contributed by atoms with Gasteiger partial charge in [-0.2, -0.15) is 0 Å². The fourth-order valence-corrected chi connectivity index (χ4v) is 3.27. The van der Waals surface area contributed by atoms with Gasteiger partial charge < -0.3 is 14.6 Å². The average molecular weight is 393 g/mol. The van der Waals surface area contributed by atoms with Crippen molar-refractivity contribution in [1.29, 1.82) is 0 Å². The van der Waals surface area contributed by atoms with E-state index in [0.29, 0.717) is 5.92 Å². The van der Waals surface area contributed by atoms with Crippen molar-refractivity contribution >= 4 is 0 Å². The molecule has 3 heteroatoms. The number of hydrogen-bond donors (Lipinski definition) is 1. The Morgan fingerprint density at radius 2 is 1.07 bits per heavy atom. The molecule has 0 aromatic heterocycles. The van der Waals surface area contributed by atoms with Gasteiger partial charge in [0.05, 0.1) is 14.2 Å². The second-order valence-electron chi connectivity index (χ2n) is 7.45. The number of benzene rings is 3. The summed E-state index contributed by atoms with van der Waals surface area (Å²) in [6.45, 7) is 7.75. The van der Waals surface area contributed by atoms with E-state index in [4.69, 9.17) is 14.6 Å². The monoisotopic (exact) mass is 392 g/mol. The summed E-state index contributed by atoms with van der Waals surface area (Å²) < 4.78 is 11.4. The molecule has 0 saturated heterocycles. The smallest absolute Gasteiger partial charge is 0.126 e. The number of aliphatic hydroxyl groups is 1. The van der Waals surface area contributed by atoms with E-state index < -0.39 is 0 Å². The van der Waals surface area contributed by atoms with Crippen LogP contribution in [0.25, 0.3) is 22.3 Å². The molecule has 1 N–H and O–H groups in total. The highest BCUT2D eigenvalue weighted by atomic mass is 16.5. The summed E-state index contributed by atoms with van der Waals surface area (Å²) in [5.74, 6) is 2.06. The minimum absolute atomic E-state index is 0.167. The fourth-order valence-electron chi connectivity index (χ4n) is 3.27. The summed E-state index contributed by atoms with van der Waals surface area (Å²) in [6.07, 6.45) is -0.167. The minimum Gasteiger partial charge on any atom is -0.496 e. The molecule has 0 atom stereocenters. The Bertz CT molecular complexity index is 871. The molecular weight excluding hydrogens is 360 g/mol. The lowest BCUT2D eigenvalue weighted by Gasteiger charge is -2.19. The first-order valence-electron chi connectivity index (χ1n) is 9.97. The SMILES string of the molecule is CC(C)O.COc1cc(-c2ccccc2-c2ccccc2)cc(OC)c1C(C)C. The van der Waals surface area contributed by atoms with Gasteiger partial charge in [0.25, 0.3) is 0 Å². The van der Waals surface area contributed by atoms with E-state index in [0.717, 1.165) is 22.6 Å². The van der Waals surface area contributed by atoms with Crippen molar-refractivity contribution in [3.05, 3.63) is 72.3 Å². The first kappa shape index (κ1) is 22.5. The molecule has 0 fully saturated rings. The van der Waals surface area contributed by atoms with Crippen molar-refractivity contribution in [2.75, 3.05) is 14.2 Å². The highest BCUT2D eigenvalue weighted by Gasteiger charge is 2.17. The highest BCUT2D eigenvalue weighted by Crippen LogP contribution is 2.41. The van der Waals surface area contributed by atoms with Crippen molar-refractivity contribution in [1.82, 2.24) is 0 Å². The molecule has 0 unspecified atom stereocenters. The molecule has 0 spiro atoms. The Labute approximate surface area is 174 Å². The lowest BCUT2D eigenvalue weighted by Crippen LogP contribution is -2.00. The molecule has 3 rings (SSSR count). The second kappa shape index (κ2) is 10.7. The predicted molar refractivity (Wildman–Crippen MR) is 122 cm³/mol. The Balaban J connectivity index is 0.000000687. The lowest BCUT2D eigenvalue weighted by molar-refractivity contribution is 0.216. The molecule has 0 heterocycles. The first-order valence-corrected chi connectivity index (χ1v) is 9.97. The molecule has 3 aromatic carbocycles. The molecule has 3 aromatic rings. The quantitative estimate of drug-likeness (QED) is 0.535. The molecular formula is C26H32O3. The van der Waals surface area contributed by atoms with Gasteiger partial charge in [0, 0.05) is 11.7 Å². The third-order valence-electron chi connectivity index (χ3n) is 4.44. The maximum atomic E-state index is 8.06. The van der Waals surface area contributed by atoms with Gasteiger partial charge in [0.15, 0.2) is 0 Å². The van der Waals surface area contributed by atoms with E-state index in [1.807, 2.05) is 6.07 Å². The Kier molecular flexibility index (Phi) is 8.29. The summed E-state index contributed by atoms with van der Waals surface area (Å²) in [5.41, 5.74) is 5.76. The van der Waals surface area contributed by atoms with E-state index in [1.54, 1.807) is 28.1 Å². The number of hydrogen-bond acceptors (Lipinski definition) is 3. The lowest BCUT2D eigenvalue weighted by atomic mass is 9.91. The second-order valence-corrected chi connectivity index (χ2v) is 7.45. The van der Waals surface area contributed by atoms with Gasteiger partial charge in [0.1, 0.15) is 11.5 Å². The molecule has 0 bridgehead atoms. The topological polar surface area (TPSA) is 38.7 Å². The Morgan fingerprint density at radius 3 is 1.48 bits per heavy atom. The van der Waals surface area contributed by atoms with Crippen LogP contribution >= 0.6 is 0 Å². The Hall–Kier alpha value is -2.78. The van der Waals surface area contributed by atoms with Crippen LogP contribution in [-0.4, -0.2) is 25.4 Å². The molecule has 0 radical (unpaired) electrons. The van der Waals surface area contributed by atoms with Crippen molar-refractivity contribution in [3.8, 4) is 33.8 Å². The first-order chi connectivity index (χ1) is 13.9. The van der Waals surface area contributed by atoms with Crippen molar-refractivity contribution in [3.63, 3.8) is 0 Å². The average Bonchev–Trinajstić information content (AvgIpc) is 2.72. The predicted octanol–water partition coefficient (Wildman–Crippen LogP) is 6.55. The van der Waals surface area contributed by atoms with Crippen LogP contribution in [0.2, 0.25) is 0 Å². The van der Waals surface area contributed by atoms with Crippen LogP contribution in [0.3, 0.4) is 0 Å². The van der Waals surface area contributed by atoms with Crippen LogP contribution in [0, 0.1) is 0 Å². The van der Waals surface area contributed by atoms with Crippen LogP contribution in [0.15, 0.2) is 66.7 Å². The molecule has 3 nitrogen and oxygen atoms in total. The molecule has 29 heavy (non-hydrogen) atoms. The summed E-state index contributed by atoms with van der Waals surface area (Å²) in [7, 11) is 3.43. The summed E-state index contributed by atoms with van der Waals surface area (Å²) >= 11 is 0. The van der Waals surface area contributed by atoms with Gasteiger partial charge in [-0.3, -0.25) is 0 Å². The van der Waals surface area contributed by atoms with Gasteiger partial charge in [-0.05, 0) is 54.2 Å². The molecule has 0 aliphatic heterocycles. The number of methoxy groups -OCH3 is 2. The summed E-state index contributed by atoms with van der Waals surface area (Å²) in [4.78, 5) is 0. The third kappa shape index (κ3) is 5.85. The minimum atomic E-state index is -0.167. The van der Waals surface area contributed by atoms with E-state index >= 15 is 0 Å². The zero-order chi connectivity index (χ0) is 21.4. The van der Waals surface area contributed by atoms with E-state index in [2.05, 4.69) is 74.5 Å². The van der Waals surface area contributed by atoms with Crippen molar-refractivity contribution < 1.29 is 14.6 Å². The number of rotatable bonds is 5. The van der Waals surface area contributed by atoms with E-state index in [1.165, 1.54) is 16.7 Å². The number of ether oxygens (including phenoxy) is 2. The van der Waals surface area contributed by atoms with E-state index in [9.17, 15) is 0 Å². The molecule has 0 amide bonds. The zero-order valence-electron chi connectivity index (χ0n) is 18.3.